The largest absolute Gasteiger partial charge is 0.271 e. The zero-order valence-corrected chi connectivity index (χ0v) is 12.9. The number of nitrogens with one attached hydrogen (secondary N) is 1. The highest BCUT2D eigenvalue weighted by molar-refractivity contribution is 7.99. The highest BCUT2D eigenvalue weighted by Crippen LogP contribution is 2.26. The van der Waals surface area contributed by atoms with Gasteiger partial charge in [0.05, 0.1) is 11.7 Å². The molecule has 20 heavy (non-hydrogen) atoms. The second-order valence-corrected chi connectivity index (χ2v) is 5.84. The van der Waals surface area contributed by atoms with Crippen LogP contribution in [0.1, 0.15) is 30.6 Å². The zero-order chi connectivity index (χ0) is 14.4. The second-order valence-electron chi connectivity index (χ2n) is 4.77. The summed E-state index contributed by atoms with van der Waals surface area (Å²) in [6.07, 6.45) is 2.91. The van der Waals surface area contributed by atoms with Gasteiger partial charge in [-0.3, -0.25) is 16.0 Å². The average molecular weight is 290 g/mol. The third-order valence-corrected chi connectivity index (χ3v) is 4.51. The zero-order valence-electron chi connectivity index (χ0n) is 12.0. The fourth-order valence-electron chi connectivity index (χ4n) is 2.15. The van der Waals surface area contributed by atoms with E-state index < -0.39 is 0 Å². The van der Waals surface area contributed by atoms with E-state index in [-0.39, 0.29) is 6.04 Å². The summed E-state index contributed by atoms with van der Waals surface area (Å²) in [7, 11) is 0. The number of benzene rings is 1. The summed E-state index contributed by atoms with van der Waals surface area (Å²) in [4.78, 5) is 1.30. The van der Waals surface area contributed by atoms with Gasteiger partial charge in [0.2, 0.25) is 0 Å². The van der Waals surface area contributed by atoms with Crippen molar-refractivity contribution in [3.8, 4) is 0 Å². The molecule has 0 aliphatic carbocycles. The lowest BCUT2D eigenvalue weighted by Gasteiger charge is -2.17. The number of hydrogen-bond acceptors (Lipinski definition) is 4. The summed E-state index contributed by atoms with van der Waals surface area (Å²) >= 11 is 1.82. The number of nitrogens with two attached hydrogens (primary N) is 1. The van der Waals surface area contributed by atoms with Gasteiger partial charge in [-0.1, -0.05) is 25.1 Å². The predicted molar refractivity (Wildman–Crippen MR) is 84.5 cm³/mol. The van der Waals surface area contributed by atoms with Crippen molar-refractivity contribution in [1.82, 2.24) is 15.2 Å². The molecule has 0 fully saturated rings. The maximum atomic E-state index is 5.73. The molecule has 1 aromatic heterocycles. The van der Waals surface area contributed by atoms with Crippen LogP contribution >= 0.6 is 11.8 Å². The number of thioether (sulfide) groups is 1. The van der Waals surface area contributed by atoms with E-state index in [1.165, 1.54) is 10.5 Å². The molecular weight excluding hydrogens is 268 g/mol. The molecule has 108 valence electrons. The number of hydrogen-bond donors (Lipinski definition) is 2. The number of aryl methyl sites for hydroxylation is 2. The Morgan fingerprint density at radius 2 is 2.15 bits per heavy atom. The molecule has 2 aromatic rings. The standard InChI is InChI=1S/C15H22N4S/c1-3-10-19-14(8-9-17-19)13(18-16)11-20-15-7-5-4-6-12(15)2/h4-9,13,18H,3,10-11,16H2,1-2H3. The molecule has 2 rings (SSSR count). The summed E-state index contributed by atoms with van der Waals surface area (Å²) < 4.78 is 2.03. The molecule has 4 nitrogen and oxygen atoms in total. The van der Waals surface area contributed by atoms with Gasteiger partial charge in [0.1, 0.15) is 0 Å². The van der Waals surface area contributed by atoms with Crippen LogP contribution in [0, 0.1) is 6.92 Å². The molecule has 0 bridgehead atoms. The molecule has 0 aliphatic rings. The van der Waals surface area contributed by atoms with Crippen molar-refractivity contribution in [1.29, 1.82) is 0 Å². The summed E-state index contributed by atoms with van der Waals surface area (Å²) in [5, 5.41) is 4.36. The van der Waals surface area contributed by atoms with Gasteiger partial charge in [0, 0.05) is 23.4 Å². The van der Waals surface area contributed by atoms with Gasteiger partial charge in [0.15, 0.2) is 0 Å². The third-order valence-electron chi connectivity index (χ3n) is 3.24. The summed E-state index contributed by atoms with van der Waals surface area (Å²) in [6.45, 7) is 5.21. The molecule has 1 atom stereocenters. The van der Waals surface area contributed by atoms with Crippen molar-refractivity contribution >= 4 is 11.8 Å². The molecular formula is C15H22N4S. The van der Waals surface area contributed by atoms with E-state index in [9.17, 15) is 0 Å². The minimum atomic E-state index is 0.105. The van der Waals surface area contributed by atoms with Gasteiger partial charge in [-0.25, -0.2) is 0 Å². The highest BCUT2D eigenvalue weighted by Gasteiger charge is 2.15. The number of nitrogens with zero attached hydrogens (tertiary/aromatic N) is 2. The van der Waals surface area contributed by atoms with Gasteiger partial charge in [-0.05, 0) is 31.0 Å². The van der Waals surface area contributed by atoms with E-state index in [0.717, 1.165) is 24.4 Å². The number of aromatic nitrogens is 2. The SMILES string of the molecule is CCCn1nccc1C(CSc1ccccc1C)NN. The van der Waals surface area contributed by atoms with Crippen LogP contribution in [0.25, 0.3) is 0 Å². The molecule has 1 heterocycles. The minimum absolute atomic E-state index is 0.105. The normalized spacial score (nSPS) is 12.6. The molecule has 0 radical (unpaired) electrons. The van der Waals surface area contributed by atoms with Crippen LogP contribution in [0.2, 0.25) is 0 Å². The van der Waals surface area contributed by atoms with Gasteiger partial charge in [-0.15, -0.1) is 11.8 Å². The monoisotopic (exact) mass is 290 g/mol. The molecule has 1 unspecified atom stereocenters. The van der Waals surface area contributed by atoms with Gasteiger partial charge in [0.25, 0.3) is 0 Å². The lowest BCUT2D eigenvalue weighted by molar-refractivity contribution is 0.508. The Bertz CT molecular complexity index is 538. The summed E-state index contributed by atoms with van der Waals surface area (Å²) in [5.74, 6) is 6.61. The Balaban J connectivity index is 2.06. The maximum absolute atomic E-state index is 5.73. The van der Waals surface area contributed by atoms with Crippen LogP contribution in [0.3, 0.4) is 0 Å². The highest BCUT2D eigenvalue weighted by atomic mass is 32.2. The second kappa shape index (κ2) is 7.47. The van der Waals surface area contributed by atoms with Gasteiger partial charge < -0.3 is 0 Å². The Kier molecular flexibility index (Phi) is 5.64. The van der Waals surface area contributed by atoms with Crippen LogP contribution in [0.5, 0.6) is 0 Å². The van der Waals surface area contributed by atoms with Crippen molar-refractivity contribution in [3.63, 3.8) is 0 Å². The minimum Gasteiger partial charge on any atom is -0.271 e. The molecule has 0 amide bonds. The predicted octanol–water partition coefficient (Wildman–Crippen LogP) is 2.90. The molecule has 0 saturated heterocycles. The fourth-order valence-corrected chi connectivity index (χ4v) is 3.23. The van der Waals surface area contributed by atoms with E-state index in [0.29, 0.717) is 0 Å². The van der Waals surface area contributed by atoms with Crippen molar-refractivity contribution in [2.75, 3.05) is 5.75 Å². The topological polar surface area (TPSA) is 55.9 Å². The molecule has 1 aromatic carbocycles. The Hall–Kier alpha value is -1.30. The summed E-state index contributed by atoms with van der Waals surface area (Å²) in [6, 6.07) is 10.6. The maximum Gasteiger partial charge on any atom is 0.0722 e. The summed E-state index contributed by atoms with van der Waals surface area (Å²) in [5.41, 5.74) is 5.36. The van der Waals surface area contributed by atoms with Crippen molar-refractivity contribution < 1.29 is 0 Å². The molecule has 0 saturated carbocycles. The first-order valence-corrected chi connectivity index (χ1v) is 7.91. The first kappa shape index (κ1) is 15.1. The lowest BCUT2D eigenvalue weighted by atomic mass is 10.2. The number of hydrazine groups is 1. The number of rotatable bonds is 7. The Morgan fingerprint density at radius 3 is 2.85 bits per heavy atom. The van der Waals surface area contributed by atoms with E-state index in [2.05, 4.69) is 48.6 Å². The van der Waals surface area contributed by atoms with Crippen molar-refractivity contribution in [3.05, 3.63) is 47.8 Å². The van der Waals surface area contributed by atoms with E-state index in [1.807, 2.05) is 28.7 Å². The van der Waals surface area contributed by atoms with Crippen molar-refractivity contribution in [2.45, 2.75) is 37.8 Å². The van der Waals surface area contributed by atoms with Crippen LogP contribution in [0.4, 0.5) is 0 Å². The first-order valence-electron chi connectivity index (χ1n) is 6.92. The van der Waals surface area contributed by atoms with Crippen LogP contribution in [0.15, 0.2) is 41.4 Å². The average Bonchev–Trinajstić information content (AvgIpc) is 2.90. The molecule has 0 aliphatic heterocycles. The van der Waals surface area contributed by atoms with Crippen LogP contribution in [-0.2, 0) is 6.54 Å². The van der Waals surface area contributed by atoms with Gasteiger partial charge >= 0.3 is 0 Å². The Morgan fingerprint density at radius 1 is 1.35 bits per heavy atom. The quantitative estimate of drug-likeness (QED) is 0.468. The first-order chi connectivity index (χ1) is 9.76. The smallest absolute Gasteiger partial charge is 0.0722 e. The molecule has 5 heteroatoms. The Labute approximate surface area is 124 Å². The van der Waals surface area contributed by atoms with Crippen LogP contribution < -0.4 is 11.3 Å². The molecule has 0 spiro atoms. The lowest BCUT2D eigenvalue weighted by Crippen LogP contribution is -2.31. The third kappa shape index (κ3) is 3.62. The van der Waals surface area contributed by atoms with Gasteiger partial charge in [-0.2, -0.15) is 5.10 Å². The fraction of sp³-hybridized carbons (Fsp3) is 0.400. The van der Waals surface area contributed by atoms with E-state index >= 15 is 0 Å². The molecule has 3 N–H and O–H groups in total. The van der Waals surface area contributed by atoms with Crippen molar-refractivity contribution in [2.24, 2.45) is 5.84 Å². The van der Waals surface area contributed by atoms with E-state index in [1.54, 1.807) is 0 Å². The van der Waals surface area contributed by atoms with Crippen LogP contribution in [-0.4, -0.2) is 15.5 Å². The van der Waals surface area contributed by atoms with E-state index in [4.69, 9.17) is 5.84 Å².